The number of nitrogens with one attached hydrogen (secondary N) is 1. The molecule has 0 aromatic heterocycles. The van der Waals surface area contributed by atoms with E-state index >= 15 is 0 Å². The molecule has 12 heavy (non-hydrogen) atoms. The Labute approximate surface area is 71.9 Å². The molecule has 1 rings (SSSR count). The Morgan fingerprint density at radius 1 is 1.50 bits per heavy atom. The molecule has 0 saturated carbocycles. The molecule has 0 saturated heterocycles. The van der Waals surface area contributed by atoms with Crippen molar-refractivity contribution >= 4 is 0 Å². The summed E-state index contributed by atoms with van der Waals surface area (Å²) in [6.07, 6.45) is 0. The van der Waals surface area contributed by atoms with E-state index in [1.807, 2.05) is 25.1 Å². The molecule has 0 atom stereocenters. The summed E-state index contributed by atoms with van der Waals surface area (Å²) in [6, 6.07) is 5.74. The number of hydrogen-bond donors (Lipinski definition) is 2. The molecular weight excluding hydrogens is 154 g/mol. The monoisotopic (exact) mass is 167 g/mol. The lowest BCUT2D eigenvalue weighted by molar-refractivity contribution is 0.161. The second-order valence-electron chi connectivity index (χ2n) is 2.63. The molecular formula is C9H13NO2. The quantitative estimate of drug-likeness (QED) is 0.670. The van der Waals surface area contributed by atoms with Gasteiger partial charge in [-0.1, -0.05) is 6.07 Å². The molecule has 0 unspecified atom stereocenters. The van der Waals surface area contributed by atoms with E-state index in [4.69, 9.17) is 9.94 Å². The van der Waals surface area contributed by atoms with Crippen LogP contribution in [-0.4, -0.2) is 12.3 Å². The number of methoxy groups -OCH3 is 1. The number of hydroxylamine groups is 1. The molecule has 1 aromatic rings. The minimum absolute atomic E-state index is 0.468. The van der Waals surface area contributed by atoms with Gasteiger partial charge in [0.05, 0.1) is 7.11 Å². The fourth-order valence-electron chi connectivity index (χ4n) is 1.08. The van der Waals surface area contributed by atoms with Gasteiger partial charge in [0.1, 0.15) is 5.75 Å². The summed E-state index contributed by atoms with van der Waals surface area (Å²) in [5.41, 5.74) is 4.30. The first kappa shape index (κ1) is 9.03. The largest absolute Gasteiger partial charge is 0.497 e. The lowest BCUT2D eigenvalue weighted by Gasteiger charge is -2.06. The minimum atomic E-state index is 0.468. The fourth-order valence-corrected chi connectivity index (χ4v) is 1.08. The van der Waals surface area contributed by atoms with Crippen LogP contribution in [0.4, 0.5) is 0 Å². The van der Waals surface area contributed by atoms with Crippen molar-refractivity contribution < 1.29 is 9.94 Å². The van der Waals surface area contributed by atoms with Crippen molar-refractivity contribution in [3.05, 3.63) is 29.3 Å². The Bertz CT molecular complexity index is 261. The van der Waals surface area contributed by atoms with Crippen LogP contribution >= 0.6 is 0 Å². The van der Waals surface area contributed by atoms with Crippen molar-refractivity contribution in [2.45, 2.75) is 13.5 Å². The van der Waals surface area contributed by atoms with Crippen molar-refractivity contribution in [2.24, 2.45) is 0 Å². The van der Waals surface area contributed by atoms with Crippen LogP contribution in [0, 0.1) is 6.92 Å². The van der Waals surface area contributed by atoms with E-state index in [1.54, 1.807) is 7.11 Å². The summed E-state index contributed by atoms with van der Waals surface area (Å²) in [6.45, 7) is 2.45. The average Bonchev–Trinajstić information content (AvgIpc) is 2.09. The summed E-state index contributed by atoms with van der Waals surface area (Å²) in [5, 5.41) is 8.49. The zero-order chi connectivity index (χ0) is 8.97. The van der Waals surface area contributed by atoms with Crippen LogP contribution in [0.5, 0.6) is 5.75 Å². The van der Waals surface area contributed by atoms with E-state index in [-0.39, 0.29) is 0 Å². The second kappa shape index (κ2) is 4.09. The van der Waals surface area contributed by atoms with E-state index in [9.17, 15) is 0 Å². The third-order valence-corrected chi connectivity index (χ3v) is 1.82. The maximum atomic E-state index is 8.49. The summed E-state index contributed by atoms with van der Waals surface area (Å²) >= 11 is 0. The molecule has 0 amide bonds. The average molecular weight is 167 g/mol. The number of benzene rings is 1. The first-order valence-corrected chi connectivity index (χ1v) is 3.78. The van der Waals surface area contributed by atoms with Gasteiger partial charge >= 0.3 is 0 Å². The van der Waals surface area contributed by atoms with Crippen LogP contribution in [-0.2, 0) is 6.54 Å². The molecule has 66 valence electrons. The Balaban J connectivity index is 2.87. The van der Waals surface area contributed by atoms with Crippen LogP contribution in [0.15, 0.2) is 18.2 Å². The van der Waals surface area contributed by atoms with E-state index in [1.165, 1.54) is 0 Å². The highest BCUT2D eigenvalue weighted by Crippen LogP contribution is 2.16. The van der Waals surface area contributed by atoms with Gasteiger partial charge in [-0.15, -0.1) is 0 Å². The molecule has 0 spiro atoms. The summed E-state index contributed by atoms with van der Waals surface area (Å²) < 4.78 is 5.05. The minimum Gasteiger partial charge on any atom is -0.497 e. The molecule has 3 heteroatoms. The Hall–Kier alpha value is -1.06. The maximum Gasteiger partial charge on any atom is 0.119 e. The third-order valence-electron chi connectivity index (χ3n) is 1.82. The number of aryl methyl sites for hydroxylation is 1. The molecule has 1 aromatic carbocycles. The first-order valence-electron chi connectivity index (χ1n) is 3.78. The summed E-state index contributed by atoms with van der Waals surface area (Å²) in [7, 11) is 1.64. The van der Waals surface area contributed by atoms with Gasteiger partial charge < -0.3 is 9.94 Å². The van der Waals surface area contributed by atoms with Crippen LogP contribution < -0.4 is 10.2 Å². The lowest BCUT2D eigenvalue weighted by Crippen LogP contribution is -2.07. The normalized spacial score (nSPS) is 9.92. The SMILES string of the molecule is COc1ccc(CNO)c(C)c1. The molecule has 0 aliphatic rings. The van der Waals surface area contributed by atoms with Gasteiger partial charge in [-0.05, 0) is 30.2 Å². The van der Waals surface area contributed by atoms with Gasteiger partial charge in [-0.25, -0.2) is 5.48 Å². The second-order valence-corrected chi connectivity index (χ2v) is 2.63. The molecule has 0 aliphatic carbocycles. The topological polar surface area (TPSA) is 41.5 Å². The Kier molecular flexibility index (Phi) is 3.08. The molecule has 0 heterocycles. The summed E-state index contributed by atoms with van der Waals surface area (Å²) in [5.74, 6) is 0.842. The Morgan fingerprint density at radius 3 is 2.75 bits per heavy atom. The Morgan fingerprint density at radius 2 is 2.25 bits per heavy atom. The molecule has 3 nitrogen and oxygen atoms in total. The van der Waals surface area contributed by atoms with Crippen molar-refractivity contribution in [1.29, 1.82) is 0 Å². The molecule has 2 N–H and O–H groups in total. The van der Waals surface area contributed by atoms with Crippen LogP contribution in [0.3, 0.4) is 0 Å². The zero-order valence-electron chi connectivity index (χ0n) is 7.29. The van der Waals surface area contributed by atoms with Crippen molar-refractivity contribution in [3.63, 3.8) is 0 Å². The van der Waals surface area contributed by atoms with Crippen molar-refractivity contribution in [2.75, 3.05) is 7.11 Å². The van der Waals surface area contributed by atoms with Gasteiger partial charge in [0, 0.05) is 6.54 Å². The van der Waals surface area contributed by atoms with E-state index in [0.29, 0.717) is 6.54 Å². The highest BCUT2D eigenvalue weighted by atomic mass is 16.5. The van der Waals surface area contributed by atoms with Gasteiger partial charge in [0.2, 0.25) is 0 Å². The molecule has 0 fully saturated rings. The predicted octanol–water partition coefficient (Wildman–Crippen LogP) is 1.48. The van der Waals surface area contributed by atoms with Gasteiger partial charge in [-0.2, -0.15) is 0 Å². The van der Waals surface area contributed by atoms with Crippen molar-refractivity contribution in [1.82, 2.24) is 5.48 Å². The third kappa shape index (κ3) is 1.96. The van der Waals surface area contributed by atoms with E-state index < -0.39 is 0 Å². The maximum absolute atomic E-state index is 8.49. The van der Waals surface area contributed by atoms with E-state index in [2.05, 4.69) is 5.48 Å². The highest BCUT2D eigenvalue weighted by molar-refractivity contribution is 5.34. The number of ether oxygens (including phenoxy) is 1. The zero-order valence-corrected chi connectivity index (χ0v) is 7.29. The van der Waals surface area contributed by atoms with E-state index in [0.717, 1.165) is 16.9 Å². The van der Waals surface area contributed by atoms with Gasteiger partial charge in [0.15, 0.2) is 0 Å². The lowest BCUT2D eigenvalue weighted by atomic mass is 10.1. The van der Waals surface area contributed by atoms with Crippen molar-refractivity contribution in [3.8, 4) is 5.75 Å². The standard InChI is InChI=1S/C9H13NO2/c1-7-5-9(12-2)4-3-8(7)6-10-11/h3-5,10-11H,6H2,1-2H3. The first-order chi connectivity index (χ1) is 5.77. The van der Waals surface area contributed by atoms with Gasteiger partial charge in [-0.3, -0.25) is 0 Å². The fraction of sp³-hybridized carbons (Fsp3) is 0.333. The van der Waals surface area contributed by atoms with Crippen LogP contribution in [0.2, 0.25) is 0 Å². The number of hydrogen-bond acceptors (Lipinski definition) is 3. The summed E-state index contributed by atoms with van der Waals surface area (Å²) in [4.78, 5) is 0. The molecule has 0 aliphatic heterocycles. The smallest absolute Gasteiger partial charge is 0.119 e. The van der Waals surface area contributed by atoms with Gasteiger partial charge in [0.25, 0.3) is 0 Å². The molecule has 0 bridgehead atoms. The van der Waals surface area contributed by atoms with Crippen LogP contribution in [0.1, 0.15) is 11.1 Å². The molecule has 0 radical (unpaired) electrons. The van der Waals surface area contributed by atoms with Crippen LogP contribution in [0.25, 0.3) is 0 Å². The highest BCUT2D eigenvalue weighted by Gasteiger charge is 1.98. The number of rotatable bonds is 3. The predicted molar refractivity (Wildman–Crippen MR) is 46.4 cm³/mol.